The van der Waals surface area contributed by atoms with Gasteiger partial charge in [0.25, 0.3) is 20.2 Å². The zero-order chi connectivity index (χ0) is 54.9. The van der Waals surface area contributed by atoms with Gasteiger partial charge in [0.15, 0.2) is 0 Å². The number of nitrogens with zero attached hydrogens (tertiary/aromatic N) is 2. The van der Waals surface area contributed by atoms with Crippen LogP contribution < -0.4 is 40.2 Å². The lowest BCUT2D eigenvalue weighted by Crippen LogP contribution is -2.57. The second-order valence-corrected chi connectivity index (χ2v) is 21.2. The highest BCUT2D eigenvalue weighted by molar-refractivity contribution is 7.89. The van der Waals surface area contributed by atoms with E-state index in [9.17, 15) is 25.9 Å². The SMILES string of the molecule is O=S(=O)(O)c1c(C=Cc2ccc(NC3(Oc4cccc5ccccc45)N=CC=C(Oc4cccc5ccccc45)N3)cc2)ccc(NC2(Oc3cccc4ccccc34)N=CC=C(Oc3cccc4ccccc34)N2)c1S(=O)(=O)O. The van der Waals surface area contributed by atoms with Gasteiger partial charge < -0.3 is 29.6 Å². The molecule has 0 aliphatic carbocycles. The summed E-state index contributed by atoms with van der Waals surface area (Å²) < 4.78 is 102. The number of benzene rings is 10. The maximum Gasteiger partial charge on any atom is 0.369 e. The molecule has 10 aromatic rings. The molecule has 16 nitrogen and oxygen atoms in total. The summed E-state index contributed by atoms with van der Waals surface area (Å²) in [6, 6.07) is 62.3. The summed E-state index contributed by atoms with van der Waals surface area (Å²) in [5.74, 6) is -1.53. The number of hydrogen-bond acceptors (Lipinski definition) is 14. The molecule has 6 N–H and O–H groups in total. The van der Waals surface area contributed by atoms with Gasteiger partial charge in [-0.25, -0.2) is 9.98 Å². The van der Waals surface area contributed by atoms with Crippen LogP contribution in [0, 0.1) is 0 Å². The fraction of sp³-hybridized carbons (Fsp3) is 0.0323. The number of allylic oxidation sites excluding steroid dienone is 2. The molecule has 396 valence electrons. The Balaban J connectivity index is 0.859. The molecule has 80 heavy (non-hydrogen) atoms. The molecule has 2 aliphatic heterocycles. The maximum absolute atomic E-state index is 13.6. The molecule has 0 fully saturated rings. The minimum atomic E-state index is -5.48. The number of nitrogens with one attached hydrogen (secondary N) is 4. The minimum absolute atomic E-state index is 0.0935. The van der Waals surface area contributed by atoms with Gasteiger partial charge in [-0.1, -0.05) is 176 Å². The van der Waals surface area contributed by atoms with Crippen molar-refractivity contribution in [3.05, 3.63) is 241 Å². The summed E-state index contributed by atoms with van der Waals surface area (Å²) >= 11 is 0. The van der Waals surface area contributed by atoms with Crippen LogP contribution in [0.25, 0.3) is 55.2 Å². The molecule has 0 saturated heterocycles. The number of anilines is 2. The summed E-state index contributed by atoms with van der Waals surface area (Å²) in [5, 5.41) is 19.5. The van der Waals surface area contributed by atoms with Gasteiger partial charge in [0.2, 0.25) is 11.8 Å². The Morgan fingerprint density at radius 3 is 1.27 bits per heavy atom. The largest absolute Gasteiger partial charge is 0.440 e. The predicted octanol–water partition coefficient (Wildman–Crippen LogP) is 12.4. The monoisotopic (exact) mass is 1100 g/mol. The normalized spacial score (nSPS) is 17.1. The zero-order valence-corrected chi connectivity index (χ0v) is 43.6. The van der Waals surface area contributed by atoms with Crippen molar-refractivity contribution in [1.82, 2.24) is 10.6 Å². The van der Waals surface area contributed by atoms with E-state index in [1.807, 2.05) is 152 Å². The number of fused-ring (bicyclic) bond motifs is 4. The minimum Gasteiger partial charge on any atom is -0.440 e. The van der Waals surface area contributed by atoms with Crippen LogP contribution in [0.2, 0.25) is 0 Å². The van der Waals surface area contributed by atoms with Crippen LogP contribution in [0.1, 0.15) is 11.1 Å². The van der Waals surface area contributed by atoms with E-state index in [0.717, 1.165) is 37.7 Å². The van der Waals surface area contributed by atoms with Crippen LogP contribution >= 0.6 is 0 Å². The molecule has 18 heteroatoms. The van der Waals surface area contributed by atoms with Crippen LogP contribution in [-0.2, 0) is 20.2 Å². The fourth-order valence-electron chi connectivity index (χ4n) is 9.57. The van der Waals surface area contributed by atoms with E-state index in [2.05, 4.69) is 26.3 Å². The fourth-order valence-corrected chi connectivity index (χ4v) is 11.7. The van der Waals surface area contributed by atoms with E-state index >= 15 is 0 Å². The van der Waals surface area contributed by atoms with Crippen LogP contribution in [0.4, 0.5) is 11.4 Å². The zero-order valence-electron chi connectivity index (χ0n) is 42.0. The van der Waals surface area contributed by atoms with Gasteiger partial charge in [-0.05, 0) is 75.1 Å². The first kappa shape index (κ1) is 50.8. The summed E-state index contributed by atoms with van der Waals surface area (Å²) in [4.78, 5) is 7.04. The van der Waals surface area contributed by atoms with Crippen molar-refractivity contribution >= 4 is 99.3 Å². The first-order chi connectivity index (χ1) is 38.8. The van der Waals surface area contributed by atoms with E-state index in [0.29, 0.717) is 39.8 Å². The first-order valence-electron chi connectivity index (χ1n) is 25.0. The van der Waals surface area contributed by atoms with E-state index in [-0.39, 0.29) is 17.2 Å². The summed E-state index contributed by atoms with van der Waals surface area (Å²) in [5.41, 5.74) is 0.249. The number of hydrogen-bond donors (Lipinski definition) is 6. The van der Waals surface area contributed by atoms with Gasteiger partial charge in [0.1, 0.15) is 32.8 Å². The smallest absolute Gasteiger partial charge is 0.369 e. The summed E-state index contributed by atoms with van der Waals surface area (Å²) in [6.07, 6.45) is 8.95. The number of ether oxygens (including phenoxy) is 4. The van der Waals surface area contributed by atoms with E-state index < -0.39 is 47.7 Å². The molecule has 0 spiro atoms. The quantitative estimate of drug-likeness (QED) is 0.0301. The molecule has 10 aromatic carbocycles. The molecule has 2 heterocycles. The van der Waals surface area contributed by atoms with Gasteiger partial charge in [-0.3, -0.25) is 19.7 Å². The molecule has 0 bridgehead atoms. The third kappa shape index (κ3) is 10.6. The van der Waals surface area contributed by atoms with Crippen molar-refractivity contribution in [3.8, 4) is 23.0 Å². The van der Waals surface area contributed by atoms with Crippen molar-refractivity contribution < 1.29 is 44.9 Å². The molecular formula is C62H46N6O10S2. The van der Waals surface area contributed by atoms with Gasteiger partial charge in [0, 0.05) is 51.8 Å². The Labute approximate surface area is 459 Å². The molecule has 0 amide bonds. The van der Waals surface area contributed by atoms with Crippen LogP contribution in [0.3, 0.4) is 0 Å². The van der Waals surface area contributed by atoms with Gasteiger partial charge in [0.05, 0.1) is 5.69 Å². The molecule has 12 rings (SSSR count). The molecule has 2 unspecified atom stereocenters. The average Bonchev–Trinajstić information content (AvgIpc) is 3.64. The molecule has 2 aliphatic rings. The number of rotatable bonds is 16. The van der Waals surface area contributed by atoms with Crippen LogP contribution in [0.5, 0.6) is 23.0 Å². The van der Waals surface area contributed by atoms with E-state index in [1.165, 1.54) is 36.6 Å². The van der Waals surface area contributed by atoms with Crippen molar-refractivity contribution in [2.45, 2.75) is 21.7 Å². The summed E-state index contributed by atoms with van der Waals surface area (Å²) in [6.45, 7) is 0. The Kier molecular flexibility index (Phi) is 13.2. The highest BCUT2D eigenvalue weighted by Gasteiger charge is 2.40. The second kappa shape index (κ2) is 20.8. The van der Waals surface area contributed by atoms with Crippen molar-refractivity contribution in [1.29, 1.82) is 0 Å². The van der Waals surface area contributed by atoms with Gasteiger partial charge in [-0.2, -0.15) is 16.8 Å². The van der Waals surface area contributed by atoms with Crippen LogP contribution in [-0.4, -0.2) is 50.3 Å². The lowest BCUT2D eigenvalue weighted by Gasteiger charge is -2.36. The lowest BCUT2D eigenvalue weighted by atomic mass is 10.1. The van der Waals surface area contributed by atoms with Gasteiger partial charge >= 0.3 is 11.9 Å². The van der Waals surface area contributed by atoms with E-state index in [1.54, 1.807) is 54.8 Å². The second-order valence-electron chi connectivity index (χ2n) is 18.5. The highest BCUT2D eigenvalue weighted by Crippen LogP contribution is 2.38. The maximum atomic E-state index is 13.6. The Morgan fingerprint density at radius 2 is 0.825 bits per heavy atom. The third-order valence-electron chi connectivity index (χ3n) is 13.1. The van der Waals surface area contributed by atoms with Crippen LogP contribution in [0.15, 0.2) is 250 Å². The third-order valence-corrected chi connectivity index (χ3v) is 15.2. The number of aliphatic imine (C=N–C) groups is 2. The Hall–Kier alpha value is -9.98. The predicted molar refractivity (Wildman–Crippen MR) is 312 cm³/mol. The molecule has 0 saturated carbocycles. The van der Waals surface area contributed by atoms with Crippen molar-refractivity contribution in [2.24, 2.45) is 9.98 Å². The molecule has 2 atom stereocenters. The van der Waals surface area contributed by atoms with Gasteiger partial charge in [-0.15, -0.1) is 0 Å². The molecular weight excluding hydrogens is 1050 g/mol. The van der Waals surface area contributed by atoms with E-state index in [4.69, 9.17) is 23.9 Å². The topological polar surface area (TPSA) is 218 Å². The van der Waals surface area contributed by atoms with Crippen molar-refractivity contribution in [2.75, 3.05) is 10.6 Å². The van der Waals surface area contributed by atoms with Crippen molar-refractivity contribution in [3.63, 3.8) is 0 Å². The average molecular weight is 1100 g/mol. The molecule has 0 aromatic heterocycles. The molecule has 0 radical (unpaired) electrons. The first-order valence-corrected chi connectivity index (χ1v) is 27.8. The lowest BCUT2D eigenvalue weighted by molar-refractivity contribution is 0.0679. The Bertz CT molecular complexity index is 4450. The standard InChI is InChI=1S/C62H46N6O10S2/c69-79(70,71)59-46(32-29-41-30-34-47(35-31-41)65-61(77-55-27-11-19-44-15-3-7-23-50(44)55)63-39-37-57(67-61)75-53-25-9-17-42-13-1-5-21-48(42)53)33-36-52(60(59)80(72,73)74)66-62(78-56-28-12-20-45-16-4-8-24-51(45)56)64-40-38-58(68-62)76-54-26-10-18-43-14-2-6-22-49(43)54/h1-40,65-68H,(H,69,70,71)(H,72,73,74). The highest BCUT2D eigenvalue weighted by atomic mass is 32.2. The summed E-state index contributed by atoms with van der Waals surface area (Å²) in [7, 11) is -10.9. The Morgan fingerprint density at radius 1 is 0.425 bits per heavy atom.